The highest BCUT2D eigenvalue weighted by molar-refractivity contribution is 5.80. The van der Waals surface area contributed by atoms with E-state index < -0.39 is 0 Å². The minimum absolute atomic E-state index is 0.130. The van der Waals surface area contributed by atoms with Gasteiger partial charge in [-0.15, -0.1) is 0 Å². The largest absolute Gasteiger partial charge is 0.494 e. The van der Waals surface area contributed by atoms with Gasteiger partial charge in [-0.1, -0.05) is 38.9 Å². The van der Waals surface area contributed by atoms with Gasteiger partial charge in [0.05, 0.1) is 19.0 Å². The van der Waals surface area contributed by atoms with Crippen LogP contribution >= 0.6 is 0 Å². The minimum atomic E-state index is 0.130. The molecule has 1 aliphatic rings. The van der Waals surface area contributed by atoms with Crippen molar-refractivity contribution in [3.8, 4) is 17.0 Å². The molecule has 0 aliphatic heterocycles. The molecule has 0 saturated carbocycles. The Labute approximate surface area is 155 Å². The van der Waals surface area contributed by atoms with Crippen LogP contribution in [0.4, 0.5) is 0 Å². The number of oxime groups is 1. The fourth-order valence-electron chi connectivity index (χ4n) is 3.93. The van der Waals surface area contributed by atoms with Gasteiger partial charge in [-0.25, -0.2) is 4.98 Å². The Morgan fingerprint density at radius 1 is 1.08 bits per heavy atom. The van der Waals surface area contributed by atoms with Crippen molar-refractivity contribution < 1.29 is 9.94 Å². The molecule has 0 amide bonds. The Morgan fingerprint density at radius 2 is 1.69 bits per heavy atom. The van der Waals surface area contributed by atoms with Crippen LogP contribution in [0.5, 0.6) is 5.75 Å². The van der Waals surface area contributed by atoms with Crippen molar-refractivity contribution in [3.63, 3.8) is 0 Å². The van der Waals surface area contributed by atoms with E-state index in [-0.39, 0.29) is 10.8 Å². The molecular weight excluding hydrogens is 324 g/mol. The summed E-state index contributed by atoms with van der Waals surface area (Å²) in [6.07, 6.45) is 3.69. The first-order chi connectivity index (χ1) is 12.2. The van der Waals surface area contributed by atoms with Crippen LogP contribution < -0.4 is 4.74 Å². The Bertz CT molecular complexity index is 867. The average Bonchev–Trinajstić information content (AvgIpc) is 2.59. The van der Waals surface area contributed by atoms with Gasteiger partial charge in [0, 0.05) is 5.56 Å². The summed E-state index contributed by atoms with van der Waals surface area (Å²) in [6.45, 7) is 11.4. The maximum Gasteiger partial charge on any atom is 0.145 e. The van der Waals surface area contributed by atoms with Gasteiger partial charge in [0.25, 0.3) is 0 Å². The first kappa shape index (κ1) is 18.4. The maximum absolute atomic E-state index is 8.84. The van der Waals surface area contributed by atoms with Gasteiger partial charge in [0.2, 0.25) is 0 Å². The number of aromatic nitrogens is 1. The Hall–Kier alpha value is -2.36. The van der Waals surface area contributed by atoms with Gasteiger partial charge >= 0.3 is 0 Å². The predicted molar refractivity (Wildman–Crippen MR) is 106 cm³/mol. The molecule has 0 saturated heterocycles. The first-order valence-electron chi connectivity index (χ1n) is 9.08. The van der Waals surface area contributed by atoms with Crippen LogP contribution in [0.1, 0.15) is 62.9 Å². The van der Waals surface area contributed by atoms with Gasteiger partial charge in [-0.05, 0) is 65.5 Å². The zero-order chi connectivity index (χ0) is 19.1. The molecule has 1 aliphatic carbocycles. The van der Waals surface area contributed by atoms with Gasteiger partial charge in [0.15, 0.2) is 0 Å². The Balaban J connectivity index is 2.27. The second kappa shape index (κ2) is 6.42. The molecular formula is C22H28N2O2. The lowest BCUT2D eigenvalue weighted by Gasteiger charge is -2.42. The van der Waals surface area contributed by atoms with E-state index >= 15 is 0 Å². The smallest absolute Gasteiger partial charge is 0.145 e. The third-order valence-electron chi connectivity index (χ3n) is 5.74. The molecule has 1 aromatic carbocycles. The number of fused-ring (bicyclic) bond motifs is 1. The molecule has 2 aromatic rings. The number of rotatable bonds is 3. The normalized spacial score (nSPS) is 17.9. The van der Waals surface area contributed by atoms with Crippen molar-refractivity contribution in [2.75, 3.05) is 7.11 Å². The SMILES string of the molecule is COc1ccc(C=NO)nc1-c1cc2c(cc1C)C(C)(C)CCC2(C)C. The molecule has 138 valence electrons. The lowest BCUT2D eigenvalue weighted by molar-refractivity contribution is 0.321. The maximum atomic E-state index is 8.84. The number of hydrogen-bond donors (Lipinski definition) is 1. The summed E-state index contributed by atoms with van der Waals surface area (Å²) < 4.78 is 5.56. The number of hydrogen-bond acceptors (Lipinski definition) is 4. The second-order valence-corrected chi connectivity index (χ2v) is 8.51. The van der Waals surface area contributed by atoms with Gasteiger partial charge < -0.3 is 9.94 Å². The Morgan fingerprint density at radius 3 is 2.27 bits per heavy atom. The summed E-state index contributed by atoms with van der Waals surface area (Å²) in [4.78, 5) is 4.66. The third-order valence-corrected chi connectivity index (χ3v) is 5.74. The lowest BCUT2D eigenvalue weighted by Crippen LogP contribution is -2.34. The van der Waals surface area contributed by atoms with Crippen LogP contribution in [0, 0.1) is 6.92 Å². The molecule has 4 heteroatoms. The number of pyridine rings is 1. The van der Waals surface area contributed by atoms with Gasteiger partial charge in [-0.2, -0.15) is 0 Å². The fourth-order valence-corrected chi connectivity index (χ4v) is 3.93. The van der Waals surface area contributed by atoms with E-state index in [0.29, 0.717) is 5.69 Å². The van der Waals surface area contributed by atoms with Gasteiger partial charge in [-0.3, -0.25) is 0 Å². The molecule has 0 bridgehead atoms. The second-order valence-electron chi connectivity index (χ2n) is 8.51. The summed E-state index contributed by atoms with van der Waals surface area (Å²) in [7, 11) is 1.65. The van der Waals surface area contributed by atoms with E-state index in [9.17, 15) is 0 Å². The van der Waals surface area contributed by atoms with E-state index in [2.05, 4.69) is 56.9 Å². The molecule has 0 unspecified atom stereocenters. The van der Waals surface area contributed by atoms with Crippen LogP contribution in [0.3, 0.4) is 0 Å². The third kappa shape index (κ3) is 3.09. The van der Waals surface area contributed by atoms with E-state index in [0.717, 1.165) is 23.4 Å². The summed E-state index contributed by atoms with van der Waals surface area (Å²) >= 11 is 0. The molecule has 0 spiro atoms. The molecule has 4 nitrogen and oxygen atoms in total. The summed E-state index contributed by atoms with van der Waals surface area (Å²) in [5, 5.41) is 11.9. The van der Waals surface area contributed by atoms with Crippen LogP contribution in [0.15, 0.2) is 29.4 Å². The minimum Gasteiger partial charge on any atom is -0.494 e. The first-order valence-corrected chi connectivity index (χ1v) is 9.08. The van der Waals surface area contributed by atoms with Crippen molar-refractivity contribution in [3.05, 3.63) is 46.6 Å². The highest BCUT2D eigenvalue weighted by Gasteiger charge is 2.37. The highest BCUT2D eigenvalue weighted by Crippen LogP contribution is 2.48. The topological polar surface area (TPSA) is 54.7 Å². The number of benzene rings is 1. The summed E-state index contributed by atoms with van der Waals surface area (Å²) in [5.41, 5.74) is 6.76. The number of aryl methyl sites for hydroxylation is 1. The van der Waals surface area contributed by atoms with Crippen LogP contribution in [-0.4, -0.2) is 23.5 Å². The quantitative estimate of drug-likeness (QED) is 0.468. The molecule has 0 fully saturated rings. The number of nitrogens with zero attached hydrogens (tertiary/aromatic N) is 2. The van der Waals surface area contributed by atoms with Gasteiger partial charge in [0.1, 0.15) is 11.4 Å². The van der Waals surface area contributed by atoms with E-state index in [1.54, 1.807) is 13.2 Å². The lowest BCUT2D eigenvalue weighted by atomic mass is 9.62. The molecule has 3 rings (SSSR count). The van der Waals surface area contributed by atoms with E-state index in [4.69, 9.17) is 9.94 Å². The summed E-state index contributed by atoms with van der Waals surface area (Å²) in [5.74, 6) is 0.719. The van der Waals surface area contributed by atoms with E-state index in [1.165, 1.54) is 29.3 Å². The van der Waals surface area contributed by atoms with Crippen molar-refractivity contribution >= 4 is 6.21 Å². The summed E-state index contributed by atoms with van der Waals surface area (Å²) in [6, 6.07) is 8.26. The monoisotopic (exact) mass is 352 g/mol. The molecule has 0 atom stereocenters. The average molecular weight is 352 g/mol. The van der Waals surface area contributed by atoms with Crippen LogP contribution in [0.25, 0.3) is 11.3 Å². The zero-order valence-electron chi connectivity index (χ0n) is 16.6. The predicted octanol–water partition coefficient (Wildman–Crippen LogP) is 5.22. The Kier molecular flexibility index (Phi) is 4.55. The molecule has 1 aromatic heterocycles. The van der Waals surface area contributed by atoms with Crippen molar-refractivity contribution in [2.24, 2.45) is 5.16 Å². The number of ether oxygens (including phenoxy) is 1. The molecule has 26 heavy (non-hydrogen) atoms. The van der Waals surface area contributed by atoms with Crippen LogP contribution in [0.2, 0.25) is 0 Å². The standard InChI is InChI=1S/C22H28N2O2/c1-14-11-17-18(22(4,5)10-9-21(17,2)3)12-16(14)20-19(26-6)8-7-15(24-20)13-23-25/h7-8,11-13,25H,9-10H2,1-6H3. The highest BCUT2D eigenvalue weighted by atomic mass is 16.5. The molecule has 1 N–H and O–H groups in total. The fraction of sp³-hybridized carbons (Fsp3) is 0.455. The zero-order valence-corrected chi connectivity index (χ0v) is 16.6. The van der Waals surface area contributed by atoms with Crippen molar-refractivity contribution in [2.45, 2.75) is 58.3 Å². The molecule has 0 radical (unpaired) electrons. The van der Waals surface area contributed by atoms with Crippen LogP contribution in [-0.2, 0) is 10.8 Å². The van der Waals surface area contributed by atoms with E-state index in [1.807, 2.05) is 6.07 Å². The van der Waals surface area contributed by atoms with Crippen molar-refractivity contribution in [1.82, 2.24) is 4.98 Å². The van der Waals surface area contributed by atoms with Crippen molar-refractivity contribution in [1.29, 1.82) is 0 Å². The molecule has 1 heterocycles. The number of methoxy groups -OCH3 is 1.